The van der Waals surface area contributed by atoms with Crippen LogP contribution in [0.4, 0.5) is 0 Å². The minimum Gasteiger partial charge on any atom is -0.352 e. The highest BCUT2D eigenvalue weighted by Crippen LogP contribution is 2.40. The molecule has 3 heteroatoms. The molecule has 0 spiro atoms. The first-order valence-corrected chi connectivity index (χ1v) is 6.08. The SMILES string of the molecule is C=CC(=O)NCC1(c2ccncc2)CCCC1. The number of nitrogens with one attached hydrogen (secondary N) is 1. The average molecular weight is 230 g/mol. The van der Waals surface area contributed by atoms with Crippen LogP contribution in [0.25, 0.3) is 0 Å². The molecule has 3 nitrogen and oxygen atoms in total. The molecular formula is C14H18N2O. The molecule has 1 saturated carbocycles. The molecule has 0 atom stereocenters. The largest absolute Gasteiger partial charge is 0.352 e. The quantitative estimate of drug-likeness (QED) is 0.806. The van der Waals surface area contributed by atoms with Crippen molar-refractivity contribution in [3.8, 4) is 0 Å². The molecule has 1 fully saturated rings. The lowest BCUT2D eigenvalue weighted by molar-refractivity contribution is -0.116. The van der Waals surface area contributed by atoms with Crippen molar-refractivity contribution in [2.75, 3.05) is 6.54 Å². The van der Waals surface area contributed by atoms with Crippen LogP contribution < -0.4 is 5.32 Å². The lowest BCUT2D eigenvalue weighted by Crippen LogP contribution is -2.38. The van der Waals surface area contributed by atoms with Gasteiger partial charge in [-0.05, 0) is 36.6 Å². The number of carbonyl (C=O) groups is 1. The van der Waals surface area contributed by atoms with Crippen molar-refractivity contribution in [3.05, 3.63) is 42.7 Å². The van der Waals surface area contributed by atoms with Crippen LogP contribution in [0, 0.1) is 0 Å². The zero-order valence-electron chi connectivity index (χ0n) is 9.98. The highest BCUT2D eigenvalue weighted by Gasteiger charge is 2.35. The maximum absolute atomic E-state index is 11.3. The van der Waals surface area contributed by atoms with Gasteiger partial charge in [0.1, 0.15) is 0 Å². The molecule has 1 aromatic heterocycles. The predicted molar refractivity (Wildman–Crippen MR) is 67.6 cm³/mol. The van der Waals surface area contributed by atoms with Crippen LogP contribution in [0.15, 0.2) is 37.2 Å². The van der Waals surface area contributed by atoms with E-state index in [1.807, 2.05) is 12.4 Å². The Balaban J connectivity index is 2.15. The number of amides is 1. The van der Waals surface area contributed by atoms with Crippen molar-refractivity contribution in [1.29, 1.82) is 0 Å². The van der Waals surface area contributed by atoms with E-state index in [1.165, 1.54) is 24.5 Å². The summed E-state index contributed by atoms with van der Waals surface area (Å²) < 4.78 is 0. The van der Waals surface area contributed by atoms with Crippen molar-refractivity contribution in [2.45, 2.75) is 31.1 Å². The van der Waals surface area contributed by atoms with Crippen LogP contribution in [-0.4, -0.2) is 17.4 Å². The van der Waals surface area contributed by atoms with Gasteiger partial charge >= 0.3 is 0 Å². The molecule has 0 unspecified atom stereocenters. The van der Waals surface area contributed by atoms with Crippen LogP contribution in [-0.2, 0) is 10.2 Å². The van der Waals surface area contributed by atoms with Gasteiger partial charge in [0.05, 0.1) is 0 Å². The van der Waals surface area contributed by atoms with Crippen molar-refractivity contribution in [3.63, 3.8) is 0 Å². The molecule has 1 aromatic rings. The lowest BCUT2D eigenvalue weighted by Gasteiger charge is -2.29. The monoisotopic (exact) mass is 230 g/mol. The summed E-state index contributed by atoms with van der Waals surface area (Å²) in [6.45, 7) is 4.18. The molecule has 0 radical (unpaired) electrons. The van der Waals surface area contributed by atoms with Gasteiger partial charge in [0.15, 0.2) is 0 Å². The van der Waals surface area contributed by atoms with E-state index in [4.69, 9.17) is 0 Å². The highest BCUT2D eigenvalue weighted by atomic mass is 16.1. The van der Waals surface area contributed by atoms with E-state index in [-0.39, 0.29) is 11.3 Å². The topological polar surface area (TPSA) is 42.0 Å². The maximum atomic E-state index is 11.3. The zero-order valence-corrected chi connectivity index (χ0v) is 9.98. The number of rotatable bonds is 4. The molecule has 0 saturated heterocycles. The molecule has 1 amide bonds. The average Bonchev–Trinajstić information content (AvgIpc) is 2.87. The molecule has 0 aliphatic heterocycles. The normalized spacial score (nSPS) is 17.6. The van der Waals surface area contributed by atoms with E-state index in [0.29, 0.717) is 6.54 Å². The first-order valence-electron chi connectivity index (χ1n) is 6.08. The van der Waals surface area contributed by atoms with E-state index >= 15 is 0 Å². The standard InChI is InChI=1S/C14H18N2O/c1-2-13(17)16-11-14(7-3-4-8-14)12-5-9-15-10-6-12/h2,5-6,9-10H,1,3-4,7-8,11H2,(H,16,17). The summed E-state index contributed by atoms with van der Waals surface area (Å²) in [4.78, 5) is 15.4. The zero-order chi connectivity index (χ0) is 12.1. The number of pyridine rings is 1. The molecule has 0 bridgehead atoms. The van der Waals surface area contributed by atoms with Crippen LogP contribution in [0.2, 0.25) is 0 Å². The molecule has 2 rings (SSSR count). The second-order valence-corrected chi connectivity index (χ2v) is 4.65. The summed E-state index contributed by atoms with van der Waals surface area (Å²) in [7, 11) is 0. The van der Waals surface area contributed by atoms with Gasteiger partial charge in [0.25, 0.3) is 0 Å². The van der Waals surface area contributed by atoms with E-state index in [0.717, 1.165) is 12.8 Å². The van der Waals surface area contributed by atoms with E-state index in [2.05, 4.69) is 29.0 Å². The summed E-state index contributed by atoms with van der Waals surface area (Å²) >= 11 is 0. The maximum Gasteiger partial charge on any atom is 0.243 e. The third-order valence-corrected chi connectivity index (χ3v) is 3.64. The van der Waals surface area contributed by atoms with Crippen LogP contribution in [0.5, 0.6) is 0 Å². The van der Waals surface area contributed by atoms with Crippen molar-refractivity contribution >= 4 is 5.91 Å². The Labute approximate surface area is 102 Å². The Morgan fingerprint density at radius 1 is 1.41 bits per heavy atom. The Morgan fingerprint density at radius 2 is 2.06 bits per heavy atom. The van der Waals surface area contributed by atoms with Gasteiger partial charge in [-0.3, -0.25) is 9.78 Å². The molecule has 1 aliphatic carbocycles. The van der Waals surface area contributed by atoms with Gasteiger partial charge in [-0.1, -0.05) is 19.4 Å². The fraction of sp³-hybridized carbons (Fsp3) is 0.429. The Morgan fingerprint density at radius 3 is 2.65 bits per heavy atom. The second-order valence-electron chi connectivity index (χ2n) is 4.65. The van der Waals surface area contributed by atoms with Crippen LogP contribution in [0.3, 0.4) is 0 Å². The first kappa shape index (κ1) is 11.8. The Kier molecular flexibility index (Phi) is 3.57. The summed E-state index contributed by atoms with van der Waals surface area (Å²) in [5.41, 5.74) is 1.39. The summed E-state index contributed by atoms with van der Waals surface area (Å²) in [5, 5.41) is 2.94. The third kappa shape index (κ3) is 2.54. The van der Waals surface area contributed by atoms with Crippen LogP contribution >= 0.6 is 0 Å². The van der Waals surface area contributed by atoms with Crippen LogP contribution in [0.1, 0.15) is 31.2 Å². The molecular weight excluding hydrogens is 212 g/mol. The van der Waals surface area contributed by atoms with Gasteiger partial charge < -0.3 is 5.32 Å². The van der Waals surface area contributed by atoms with Gasteiger partial charge in [0.2, 0.25) is 5.91 Å². The predicted octanol–water partition coefficient (Wildman–Crippen LogP) is 2.20. The van der Waals surface area contributed by atoms with E-state index in [9.17, 15) is 4.79 Å². The van der Waals surface area contributed by atoms with Crippen molar-refractivity contribution in [2.24, 2.45) is 0 Å². The molecule has 90 valence electrons. The number of hydrogen-bond donors (Lipinski definition) is 1. The minimum atomic E-state index is -0.0923. The first-order chi connectivity index (χ1) is 8.27. The number of carbonyl (C=O) groups excluding carboxylic acids is 1. The smallest absolute Gasteiger partial charge is 0.243 e. The minimum absolute atomic E-state index is 0.0923. The fourth-order valence-electron chi connectivity index (χ4n) is 2.65. The highest BCUT2D eigenvalue weighted by molar-refractivity contribution is 5.86. The molecule has 1 aliphatic rings. The Bertz CT molecular complexity index is 394. The van der Waals surface area contributed by atoms with E-state index < -0.39 is 0 Å². The Hall–Kier alpha value is -1.64. The molecule has 17 heavy (non-hydrogen) atoms. The lowest BCUT2D eigenvalue weighted by atomic mass is 9.79. The molecule has 0 aromatic carbocycles. The van der Waals surface area contributed by atoms with Crippen molar-refractivity contribution in [1.82, 2.24) is 10.3 Å². The number of aromatic nitrogens is 1. The van der Waals surface area contributed by atoms with Gasteiger partial charge in [0, 0.05) is 24.4 Å². The summed E-state index contributed by atoms with van der Waals surface area (Å²) in [6.07, 6.45) is 9.70. The number of nitrogens with zero attached hydrogens (tertiary/aromatic N) is 1. The van der Waals surface area contributed by atoms with Gasteiger partial charge in [-0.15, -0.1) is 0 Å². The van der Waals surface area contributed by atoms with Gasteiger partial charge in [-0.2, -0.15) is 0 Å². The van der Waals surface area contributed by atoms with Gasteiger partial charge in [-0.25, -0.2) is 0 Å². The summed E-state index contributed by atoms with van der Waals surface area (Å²) in [6, 6.07) is 4.12. The third-order valence-electron chi connectivity index (χ3n) is 3.64. The second kappa shape index (κ2) is 5.13. The van der Waals surface area contributed by atoms with E-state index in [1.54, 1.807) is 0 Å². The summed E-state index contributed by atoms with van der Waals surface area (Å²) in [5.74, 6) is -0.0923. The van der Waals surface area contributed by atoms with Crippen molar-refractivity contribution < 1.29 is 4.79 Å². The molecule has 1 heterocycles. The molecule has 1 N–H and O–H groups in total. The number of hydrogen-bond acceptors (Lipinski definition) is 2. The fourth-order valence-corrected chi connectivity index (χ4v) is 2.65.